The number of rotatable bonds is 4. The van der Waals surface area contributed by atoms with Gasteiger partial charge in [-0.2, -0.15) is 0 Å². The number of phenolic OH excluding ortho intramolecular Hbond substituents is 1. The second kappa shape index (κ2) is 9.18. The normalized spacial score (nSPS) is 30.9. The van der Waals surface area contributed by atoms with Crippen molar-refractivity contribution in [1.29, 1.82) is 0 Å². The summed E-state index contributed by atoms with van der Waals surface area (Å²) in [7, 11) is 3.02. The molecule has 0 saturated heterocycles. The number of carbonyl (C=O) groups is 3. The SMILES string of the molecule is CCCc1cc(C(C)(C)C)c(O)c2c1C(C)C1C(=C(O)C3(O)C(=O)C(C(N)=O)=C(O)C(N(C)C)C3C1O)C2=O. The molecule has 1 aromatic rings. The number of amides is 1. The van der Waals surface area contributed by atoms with Crippen LogP contribution in [0.4, 0.5) is 0 Å². The second-order valence-electron chi connectivity index (χ2n) is 12.3. The Balaban J connectivity index is 2.10. The average Bonchev–Trinajstić information content (AvgIpc) is 2.81. The van der Waals surface area contributed by atoms with E-state index in [2.05, 4.69) is 0 Å². The number of aromatic hydroxyl groups is 1. The minimum Gasteiger partial charge on any atom is -0.510 e. The molecule has 0 saturated carbocycles. The fourth-order valence-corrected chi connectivity index (χ4v) is 6.93. The summed E-state index contributed by atoms with van der Waals surface area (Å²) < 4.78 is 0. The fourth-order valence-electron chi connectivity index (χ4n) is 6.93. The Kier molecular flexibility index (Phi) is 6.77. The lowest BCUT2D eigenvalue weighted by molar-refractivity contribution is -0.162. The number of ketones is 2. The van der Waals surface area contributed by atoms with Gasteiger partial charge in [-0.05, 0) is 43.0 Å². The van der Waals surface area contributed by atoms with Crippen LogP contribution >= 0.6 is 0 Å². The van der Waals surface area contributed by atoms with Gasteiger partial charge in [0, 0.05) is 17.1 Å². The van der Waals surface area contributed by atoms with Gasteiger partial charge in [0.1, 0.15) is 22.8 Å². The lowest BCUT2D eigenvalue weighted by atomic mass is 9.54. The molecule has 212 valence electrons. The van der Waals surface area contributed by atoms with Gasteiger partial charge in [0.25, 0.3) is 5.91 Å². The number of carbonyl (C=O) groups excluding carboxylic acids is 3. The van der Waals surface area contributed by atoms with Crippen LogP contribution in [-0.4, -0.2) is 79.7 Å². The number of aliphatic hydroxyl groups excluding tert-OH is 3. The third kappa shape index (κ3) is 3.76. The molecule has 0 radical (unpaired) electrons. The Bertz CT molecular complexity index is 1350. The highest BCUT2D eigenvalue weighted by Crippen LogP contribution is 2.56. The van der Waals surface area contributed by atoms with Crippen LogP contribution in [0.25, 0.3) is 0 Å². The second-order valence-corrected chi connectivity index (χ2v) is 12.3. The van der Waals surface area contributed by atoms with Gasteiger partial charge in [0.2, 0.25) is 5.78 Å². The van der Waals surface area contributed by atoms with Crippen LogP contribution in [0.15, 0.2) is 28.7 Å². The number of fused-ring (bicyclic) bond motifs is 3. The summed E-state index contributed by atoms with van der Waals surface area (Å²) in [6.07, 6.45) is -0.272. The number of likely N-dealkylation sites (N-methyl/N-ethyl adjacent to an activating group) is 1. The number of aliphatic hydroxyl groups is 4. The van der Waals surface area contributed by atoms with Crippen molar-refractivity contribution in [1.82, 2.24) is 4.90 Å². The summed E-state index contributed by atoms with van der Waals surface area (Å²) in [4.78, 5) is 41.2. The van der Waals surface area contributed by atoms with Crippen LogP contribution in [0.1, 0.15) is 74.0 Å². The number of nitrogens with zero attached hydrogens (tertiary/aromatic N) is 1. The van der Waals surface area contributed by atoms with Gasteiger partial charge in [0.05, 0.1) is 23.6 Å². The third-order valence-electron chi connectivity index (χ3n) is 8.64. The highest BCUT2D eigenvalue weighted by atomic mass is 16.4. The van der Waals surface area contributed by atoms with Crippen LogP contribution in [-0.2, 0) is 21.4 Å². The maximum atomic E-state index is 14.2. The van der Waals surface area contributed by atoms with Crippen molar-refractivity contribution in [3.63, 3.8) is 0 Å². The van der Waals surface area contributed by atoms with E-state index in [0.717, 1.165) is 12.0 Å². The number of primary amides is 1. The third-order valence-corrected chi connectivity index (χ3v) is 8.64. The average molecular weight is 543 g/mol. The first-order chi connectivity index (χ1) is 17.9. The summed E-state index contributed by atoms with van der Waals surface area (Å²) in [6.45, 7) is 9.42. The Morgan fingerprint density at radius 2 is 1.74 bits per heavy atom. The number of phenols is 1. The molecule has 39 heavy (non-hydrogen) atoms. The zero-order chi connectivity index (χ0) is 29.5. The van der Waals surface area contributed by atoms with Crippen molar-refractivity contribution < 1.29 is 39.9 Å². The molecule has 1 aromatic carbocycles. The van der Waals surface area contributed by atoms with E-state index in [1.165, 1.54) is 19.0 Å². The van der Waals surface area contributed by atoms with Crippen molar-refractivity contribution >= 4 is 17.5 Å². The largest absolute Gasteiger partial charge is 0.510 e. The van der Waals surface area contributed by atoms with Crippen LogP contribution in [0, 0.1) is 11.8 Å². The molecule has 7 N–H and O–H groups in total. The number of aryl methyl sites for hydroxylation is 1. The van der Waals surface area contributed by atoms with Crippen molar-refractivity contribution in [3.05, 3.63) is 51.0 Å². The number of hydrogen-bond donors (Lipinski definition) is 6. The van der Waals surface area contributed by atoms with E-state index in [4.69, 9.17) is 5.73 Å². The van der Waals surface area contributed by atoms with Crippen molar-refractivity contribution in [2.24, 2.45) is 17.6 Å². The molecule has 0 bridgehead atoms. The highest BCUT2D eigenvalue weighted by molar-refractivity contribution is 6.25. The maximum Gasteiger partial charge on any atom is 0.255 e. The smallest absolute Gasteiger partial charge is 0.255 e. The molecule has 4 rings (SSSR count). The molecular weight excluding hydrogens is 504 g/mol. The summed E-state index contributed by atoms with van der Waals surface area (Å²) in [5, 5.41) is 57.5. The molecule has 6 atom stereocenters. The quantitative estimate of drug-likeness (QED) is 0.310. The predicted molar refractivity (Wildman–Crippen MR) is 142 cm³/mol. The molecule has 6 unspecified atom stereocenters. The molecule has 0 fully saturated rings. The van der Waals surface area contributed by atoms with E-state index in [-0.39, 0.29) is 11.3 Å². The van der Waals surface area contributed by atoms with E-state index < -0.39 is 81.1 Å². The van der Waals surface area contributed by atoms with Gasteiger partial charge in [-0.15, -0.1) is 0 Å². The molecule has 3 aliphatic rings. The van der Waals surface area contributed by atoms with E-state index in [9.17, 15) is 39.9 Å². The van der Waals surface area contributed by atoms with Gasteiger partial charge in [-0.1, -0.05) is 47.1 Å². The highest BCUT2D eigenvalue weighted by Gasteiger charge is 2.67. The van der Waals surface area contributed by atoms with E-state index in [0.29, 0.717) is 17.5 Å². The van der Waals surface area contributed by atoms with Crippen LogP contribution in [0.3, 0.4) is 0 Å². The Morgan fingerprint density at radius 1 is 1.15 bits per heavy atom. The van der Waals surface area contributed by atoms with Crippen LogP contribution in [0.2, 0.25) is 0 Å². The topological polar surface area (TPSA) is 182 Å². The first kappa shape index (κ1) is 28.8. The molecule has 10 nitrogen and oxygen atoms in total. The van der Waals surface area contributed by atoms with Crippen LogP contribution in [0.5, 0.6) is 5.75 Å². The van der Waals surface area contributed by atoms with Crippen LogP contribution < -0.4 is 5.73 Å². The maximum absolute atomic E-state index is 14.2. The van der Waals surface area contributed by atoms with Crippen molar-refractivity contribution in [3.8, 4) is 5.75 Å². The van der Waals surface area contributed by atoms with E-state index in [1.807, 2.05) is 33.8 Å². The number of nitrogens with two attached hydrogens (primary N) is 1. The Labute approximate surface area is 227 Å². The van der Waals surface area contributed by atoms with Crippen molar-refractivity contribution in [2.75, 3.05) is 14.1 Å². The Morgan fingerprint density at radius 3 is 2.23 bits per heavy atom. The van der Waals surface area contributed by atoms with Gasteiger partial charge >= 0.3 is 0 Å². The van der Waals surface area contributed by atoms with Gasteiger partial charge in [-0.3, -0.25) is 19.3 Å². The molecule has 10 heteroatoms. The first-order valence-electron chi connectivity index (χ1n) is 13.2. The summed E-state index contributed by atoms with van der Waals surface area (Å²) in [6, 6.07) is 0.589. The summed E-state index contributed by atoms with van der Waals surface area (Å²) >= 11 is 0. The summed E-state index contributed by atoms with van der Waals surface area (Å²) in [5.74, 6) is -8.77. The lowest BCUT2D eigenvalue weighted by Crippen LogP contribution is -2.68. The first-order valence-corrected chi connectivity index (χ1v) is 13.2. The minimum atomic E-state index is -2.92. The molecule has 1 amide bonds. The van der Waals surface area contributed by atoms with Gasteiger partial charge in [-0.25, -0.2) is 0 Å². The molecule has 0 aliphatic heterocycles. The predicted octanol–water partition coefficient (Wildman–Crippen LogP) is 1.90. The number of Topliss-reactive ketones (excluding diaryl/α,β-unsaturated/α-hetero) is 2. The van der Waals surface area contributed by atoms with Crippen molar-refractivity contribution in [2.45, 2.75) is 76.5 Å². The monoisotopic (exact) mass is 542 g/mol. The Hall–Kier alpha value is -3.21. The fraction of sp³-hybridized carbons (Fsp3) is 0.552. The van der Waals surface area contributed by atoms with E-state index in [1.54, 1.807) is 6.92 Å². The molecule has 0 heterocycles. The minimum absolute atomic E-state index is 0.0358. The number of benzene rings is 1. The van der Waals surface area contributed by atoms with Gasteiger partial charge in [0.15, 0.2) is 11.4 Å². The molecular formula is C29H38N2O8. The van der Waals surface area contributed by atoms with Gasteiger partial charge < -0.3 is 31.3 Å². The lowest BCUT2D eigenvalue weighted by Gasteiger charge is -2.53. The molecule has 0 spiro atoms. The standard InChI is InChI=1S/C29H38N2O8/c1-8-9-12-10-13(28(3,4)5)21(32)16-14(12)11(2)15-17(22(16)33)25(36)29(39)19(23(15)34)20(31(6)7)24(35)18(26(29)37)27(30)38/h10-11,15,19-20,23,32,34-36,39H,8-9H2,1-7H3,(H2,30,38). The zero-order valence-corrected chi connectivity index (χ0v) is 23.4. The molecule has 3 aliphatic carbocycles. The summed E-state index contributed by atoms with van der Waals surface area (Å²) in [5.41, 5.74) is 2.46. The zero-order valence-electron chi connectivity index (χ0n) is 23.4. The van der Waals surface area contributed by atoms with E-state index >= 15 is 0 Å². The number of hydrogen-bond acceptors (Lipinski definition) is 9. The molecule has 0 aromatic heterocycles.